The molecule has 1 aromatic rings. The van der Waals surface area contributed by atoms with Crippen molar-refractivity contribution in [2.75, 3.05) is 24.4 Å². The topological polar surface area (TPSA) is 58.4 Å². The van der Waals surface area contributed by atoms with E-state index in [9.17, 15) is 10.1 Å². The van der Waals surface area contributed by atoms with Crippen LogP contribution in [0.2, 0.25) is 0 Å². The summed E-state index contributed by atoms with van der Waals surface area (Å²) in [6, 6.07) is 6.95. The van der Waals surface area contributed by atoms with E-state index in [1.807, 2.05) is 31.1 Å². The molecule has 5 heteroatoms. The fraction of sp³-hybridized carbons (Fsp3) is 0.250. The molecule has 1 N–H and O–H groups in total. The maximum atomic E-state index is 10.1. The molecule has 0 fully saturated rings. The minimum absolute atomic E-state index is 0.482. The SMILES string of the molecule is CN(C)c1ccc(N[N+](=O)[O-])cc1. The van der Waals surface area contributed by atoms with Crippen molar-refractivity contribution in [3.05, 3.63) is 34.4 Å². The number of benzene rings is 1. The molecule has 0 aliphatic rings. The van der Waals surface area contributed by atoms with Gasteiger partial charge in [0.05, 0.1) is 0 Å². The number of hydrogen-bond donors (Lipinski definition) is 1. The summed E-state index contributed by atoms with van der Waals surface area (Å²) in [4.78, 5) is 12.0. The summed E-state index contributed by atoms with van der Waals surface area (Å²) in [6.07, 6.45) is 0. The second-order valence-corrected chi connectivity index (χ2v) is 2.81. The zero-order chi connectivity index (χ0) is 9.84. The van der Waals surface area contributed by atoms with Crippen LogP contribution in [0.5, 0.6) is 0 Å². The van der Waals surface area contributed by atoms with Gasteiger partial charge >= 0.3 is 0 Å². The van der Waals surface area contributed by atoms with Crippen LogP contribution in [-0.2, 0) is 0 Å². The third-order valence-corrected chi connectivity index (χ3v) is 1.60. The molecule has 0 unspecified atom stereocenters. The Labute approximate surface area is 76.1 Å². The van der Waals surface area contributed by atoms with Crippen molar-refractivity contribution in [3.63, 3.8) is 0 Å². The highest BCUT2D eigenvalue weighted by Gasteiger charge is 1.99. The number of anilines is 2. The summed E-state index contributed by atoms with van der Waals surface area (Å²) in [7, 11) is 3.83. The van der Waals surface area contributed by atoms with Crippen LogP contribution in [-0.4, -0.2) is 19.1 Å². The molecule has 0 saturated carbocycles. The van der Waals surface area contributed by atoms with Crippen LogP contribution >= 0.6 is 0 Å². The first-order valence-electron chi connectivity index (χ1n) is 3.78. The van der Waals surface area contributed by atoms with E-state index >= 15 is 0 Å². The van der Waals surface area contributed by atoms with Crippen LogP contribution in [0.1, 0.15) is 0 Å². The van der Waals surface area contributed by atoms with Crippen LogP contribution in [0.25, 0.3) is 0 Å². The maximum absolute atomic E-state index is 10.1. The van der Waals surface area contributed by atoms with Crippen molar-refractivity contribution < 1.29 is 5.03 Å². The number of hydrogen-bond acceptors (Lipinski definition) is 3. The fourth-order valence-corrected chi connectivity index (χ4v) is 0.940. The van der Waals surface area contributed by atoms with Crippen molar-refractivity contribution >= 4 is 11.4 Å². The molecule has 13 heavy (non-hydrogen) atoms. The van der Waals surface area contributed by atoms with E-state index < -0.39 is 5.03 Å². The van der Waals surface area contributed by atoms with Crippen LogP contribution < -0.4 is 10.3 Å². The molecule has 0 atom stereocenters. The van der Waals surface area contributed by atoms with E-state index in [1.54, 1.807) is 12.1 Å². The number of hydrazine groups is 1. The molecule has 0 bridgehead atoms. The molecule has 0 aliphatic carbocycles. The number of rotatable bonds is 3. The number of nitrogens with one attached hydrogen (secondary N) is 1. The first-order chi connectivity index (χ1) is 6.09. The highest BCUT2D eigenvalue weighted by molar-refractivity contribution is 5.53. The summed E-state index contributed by atoms with van der Waals surface area (Å²) < 4.78 is 0. The number of nitrogens with zero attached hydrogens (tertiary/aromatic N) is 2. The van der Waals surface area contributed by atoms with Crippen molar-refractivity contribution in [3.8, 4) is 0 Å². The second-order valence-electron chi connectivity index (χ2n) is 2.81. The molecular weight excluding hydrogens is 170 g/mol. The van der Waals surface area contributed by atoms with E-state index in [0.29, 0.717) is 5.69 Å². The second kappa shape index (κ2) is 3.75. The van der Waals surface area contributed by atoms with Crippen molar-refractivity contribution in [1.29, 1.82) is 0 Å². The van der Waals surface area contributed by atoms with Crippen LogP contribution in [0.3, 0.4) is 0 Å². The largest absolute Gasteiger partial charge is 0.378 e. The molecule has 0 amide bonds. The average molecular weight is 181 g/mol. The van der Waals surface area contributed by atoms with E-state index in [0.717, 1.165) is 5.69 Å². The molecular formula is C8H11N3O2. The zero-order valence-electron chi connectivity index (χ0n) is 7.52. The van der Waals surface area contributed by atoms with Gasteiger partial charge in [0, 0.05) is 19.8 Å². The van der Waals surface area contributed by atoms with E-state index in [1.165, 1.54) is 0 Å². The molecule has 0 heterocycles. The molecule has 5 nitrogen and oxygen atoms in total. The maximum Gasteiger partial charge on any atom is 0.162 e. The molecule has 70 valence electrons. The molecule has 1 aromatic carbocycles. The first kappa shape index (κ1) is 9.31. The lowest BCUT2D eigenvalue weighted by Gasteiger charge is -2.11. The monoisotopic (exact) mass is 181 g/mol. The summed E-state index contributed by atoms with van der Waals surface area (Å²) >= 11 is 0. The van der Waals surface area contributed by atoms with Gasteiger partial charge in [0.2, 0.25) is 0 Å². The molecule has 1 rings (SSSR count). The molecule has 0 spiro atoms. The summed E-state index contributed by atoms with van der Waals surface area (Å²) in [6.45, 7) is 0. The Hall–Kier alpha value is -1.78. The van der Waals surface area contributed by atoms with Gasteiger partial charge in [-0.1, -0.05) is 0 Å². The zero-order valence-corrected chi connectivity index (χ0v) is 7.52. The van der Waals surface area contributed by atoms with Crippen molar-refractivity contribution in [2.24, 2.45) is 0 Å². The average Bonchev–Trinajstić information content (AvgIpc) is 2.04. The lowest BCUT2D eigenvalue weighted by molar-refractivity contribution is -0.445. The van der Waals surface area contributed by atoms with Gasteiger partial charge in [-0.2, -0.15) is 0 Å². The van der Waals surface area contributed by atoms with E-state index in [4.69, 9.17) is 0 Å². The Balaban J connectivity index is 2.75. The Morgan fingerprint density at radius 3 is 2.23 bits per heavy atom. The highest BCUT2D eigenvalue weighted by Crippen LogP contribution is 2.15. The van der Waals surface area contributed by atoms with Crippen molar-refractivity contribution in [2.45, 2.75) is 0 Å². The first-order valence-corrected chi connectivity index (χ1v) is 3.78. The summed E-state index contributed by atoms with van der Waals surface area (Å²) in [5, 5.41) is 9.49. The van der Waals surface area contributed by atoms with Crippen LogP contribution in [0.4, 0.5) is 11.4 Å². The van der Waals surface area contributed by atoms with Gasteiger partial charge in [-0.3, -0.25) is 0 Å². The summed E-state index contributed by atoms with van der Waals surface area (Å²) in [5.74, 6) is 0. The van der Waals surface area contributed by atoms with Crippen LogP contribution in [0.15, 0.2) is 24.3 Å². The third-order valence-electron chi connectivity index (χ3n) is 1.60. The minimum atomic E-state index is -0.579. The molecule has 0 aliphatic heterocycles. The molecule has 0 saturated heterocycles. The quantitative estimate of drug-likeness (QED) is 0.565. The van der Waals surface area contributed by atoms with Gasteiger partial charge in [-0.05, 0) is 24.3 Å². The predicted molar refractivity (Wildman–Crippen MR) is 51.4 cm³/mol. The Kier molecular flexibility index (Phi) is 2.69. The predicted octanol–water partition coefficient (Wildman–Crippen LogP) is 1.36. The fourth-order valence-electron chi connectivity index (χ4n) is 0.940. The Morgan fingerprint density at radius 2 is 1.85 bits per heavy atom. The van der Waals surface area contributed by atoms with Crippen LogP contribution in [0, 0.1) is 10.1 Å². The van der Waals surface area contributed by atoms with E-state index in [-0.39, 0.29) is 0 Å². The molecule has 0 radical (unpaired) electrons. The van der Waals surface area contributed by atoms with E-state index in [2.05, 4.69) is 5.43 Å². The minimum Gasteiger partial charge on any atom is -0.378 e. The Bertz CT molecular complexity index is 295. The highest BCUT2D eigenvalue weighted by atomic mass is 16.7. The smallest absolute Gasteiger partial charge is 0.162 e. The number of nitro groups is 1. The lowest BCUT2D eigenvalue weighted by Crippen LogP contribution is -2.10. The van der Waals surface area contributed by atoms with Gasteiger partial charge in [0.1, 0.15) is 5.69 Å². The Morgan fingerprint density at radius 1 is 1.31 bits per heavy atom. The van der Waals surface area contributed by atoms with Crippen molar-refractivity contribution in [1.82, 2.24) is 0 Å². The normalized spacial score (nSPS) is 9.38. The van der Waals surface area contributed by atoms with Gasteiger partial charge in [0.15, 0.2) is 5.03 Å². The van der Waals surface area contributed by atoms with Gasteiger partial charge < -0.3 is 4.90 Å². The van der Waals surface area contributed by atoms with Gasteiger partial charge in [0.25, 0.3) is 0 Å². The third kappa shape index (κ3) is 2.62. The van der Waals surface area contributed by atoms with Gasteiger partial charge in [-0.25, -0.2) is 10.1 Å². The standard InChI is InChI=1S/C8H11N3O2/c1-10(2)8-5-3-7(4-6-8)9-11(12)13/h3-6,9H,1-2H3. The lowest BCUT2D eigenvalue weighted by atomic mass is 10.3. The van der Waals surface area contributed by atoms with Gasteiger partial charge in [-0.15, -0.1) is 5.43 Å². The molecule has 0 aromatic heterocycles. The summed E-state index contributed by atoms with van der Waals surface area (Å²) in [5.41, 5.74) is 3.56.